The Labute approximate surface area is 126 Å². The van der Waals surface area contributed by atoms with Crippen molar-refractivity contribution in [2.75, 3.05) is 0 Å². The average Bonchev–Trinajstić information content (AvgIpc) is 2.47. The van der Waals surface area contributed by atoms with Crippen LogP contribution >= 0.6 is 0 Å². The van der Waals surface area contributed by atoms with Crippen molar-refractivity contribution in [2.24, 2.45) is 0 Å². The Morgan fingerprint density at radius 2 is 1.95 bits per heavy atom. The first-order valence-corrected chi connectivity index (χ1v) is 6.49. The molecular weight excluding hydrogens is 288 g/mol. The smallest absolute Gasteiger partial charge is 0.406 e. The molecule has 2 rings (SSSR count). The van der Waals surface area contributed by atoms with E-state index in [9.17, 15) is 14.9 Å². The molecule has 0 aliphatic rings. The number of carbonyl (C=O) groups is 1. The lowest BCUT2D eigenvalue weighted by atomic mass is 10.1. The quantitative estimate of drug-likeness (QED) is 0.673. The molecule has 7 nitrogen and oxygen atoms in total. The van der Waals surface area contributed by atoms with Crippen molar-refractivity contribution >= 4 is 11.8 Å². The number of ether oxygens (including phenoxy) is 1. The topological polar surface area (TPSA) is 103 Å². The number of rotatable bonds is 5. The van der Waals surface area contributed by atoms with Gasteiger partial charge in [-0.2, -0.15) is 0 Å². The molecule has 0 saturated carbocycles. The van der Waals surface area contributed by atoms with Gasteiger partial charge in [-0.1, -0.05) is 29.8 Å². The highest BCUT2D eigenvalue weighted by molar-refractivity contribution is 5.73. The summed E-state index contributed by atoms with van der Waals surface area (Å²) < 4.78 is 5.15. The summed E-state index contributed by atoms with van der Waals surface area (Å²) in [6.07, 6.45) is 0.148. The van der Waals surface area contributed by atoms with Crippen molar-refractivity contribution in [2.45, 2.75) is 20.0 Å². The first-order valence-electron chi connectivity index (χ1n) is 6.49. The summed E-state index contributed by atoms with van der Waals surface area (Å²) in [6.45, 7) is 3.24. The van der Waals surface area contributed by atoms with Crippen LogP contribution < -0.4 is 4.74 Å². The van der Waals surface area contributed by atoms with E-state index in [1.54, 1.807) is 0 Å². The summed E-state index contributed by atoms with van der Waals surface area (Å²) >= 11 is 0. The fraction of sp³-hybridized carbons (Fsp3) is 0.200. The van der Waals surface area contributed by atoms with Crippen LogP contribution in [0.5, 0.6) is 5.75 Å². The van der Waals surface area contributed by atoms with Gasteiger partial charge in [0.2, 0.25) is 5.75 Å². The monoisotopic (exact) mass is 302 g/mol. The lowest BCUT2D eigenvalue weighted by Crippen LogP contribution is -2.23. The molecule has 114 valence electrons. The summed E-state index contributed by atoms with van der Waals surface area (Å²) in [6, 6.07) is 8.93. The Morgan fingerprint density at radius 1 is 1.32 bits per heavy atom. The number of hydrogen-bond acceptors (Lipinski definition) is 5. The van der Waals surface area contributed by atoms with Crippen LogP contribution in [0.25, 0.3) is 11.1 Å². The third-order valence-electron chi connectivity index (χ3n) is 3.04. The molecule has 0 radical (unpaired) electrons. The van der Waals surface area contributed by atoms with Crippen molar-refractivity contribution in [3.8, 4) is 16.9 Å². The fourth-order valence-corrected chi connectivity index (χ4v) is 1.81. The van der Waals surface area contributed by atoms with Crippen LogP contribution in [0.4, 0.5) is 5.82 Å². The Bertz CT molecular complexity index is 712. The number of carboxylic acid groups (broad SMARTS) is 1. The maximum Gasteiger partial charge on any atom is 0.406 e. The third-order valence-corrected chi connectivity index (χ3v) is 3.04. The average molecular weight is 302 g/mol. The molecule has 7 heteroatoms. The van der Waals surface area contributed by atoms with Crippen LogP contribution in [0.2, 0.25) is 0 Å². The van der Waals surface area contributed by atoms with E-state index in [1.165, 1.54) is 19.2 Å². The van der Waals surface area contributed by atoms with E-state index in [0.717, 1.165) is 11.1 Å². The summed E-state index contributed by atoms with van der Waals surface area (Å²) in [5.74, 6) is -1.89. The van der Waals surface area contributed by atoms with E-state index in [1.807, 2.05) is 31.2 Å². The van der Waals surface area contributed by atoms with Gasteiger partial charge in [0, 0.05) is 11.6 Å². The third kappa shape index (κ3) is 3.38. The largest absolute Gasteiger partial charge is 0.479 e. The number of aryl methyl sites for hydroxylation is 1. The van der Waals surface area contributed by atoms with Gasteiger partial charge in [0.05, 0.1) is 0 Å². The number of benzene rings is 1. The molecular formula is C15H14N2O5. The van der Waals surface area contributed by atoms with Crippen molar-refractivity contribution < 1.29 is 19.6 Å². The molecule has 0 aliphatic carbocycles. The van der Waals surface area contributed by atoms with Crippen molar-refractivity contribution in [1.29, 1.82) is 0 Å². The SMILES string of the molecule is Cc1ccc(-c2cnc([N+](=O)[O-])c(OC(C)C(=O)O)c2)cc1. The Hall–Kier alpha value is -2.96. The summed E-state index contributed by atoms with van der Waals surface area (Å²) in [5.41, 5.74) is 2.49. The highest BCUT2D eigenvalue weighted by Crippen LogP contribution is 2.30. The number of nitrogens with zero attached hydrogens (tertiary/aromatic N) is 2. The molecule has 0 aliphatic heterocycles. The zero-order chi connectivity index (χ0) is 16.3. The van der Waals surface area contributed by atoms with Crippen molar-refractivity contribution in [3.63, 3.8) is 0 Å². The molecule has 22 heavy (non-hydrogen) atoms. The van der Waals surface area contributed by atoms with E-state index >= 15 is 0 Å². The number of carboxylic acids is 1. The maximum absolute atomic E-state index is 11.0. The van der Waals surface area contributed by atoms with Crippen LogP contribution in [0.3, 0.4) is 0 Å². The van der Waals surface area contributed by atoms with Gasteiger partial charge in [-0.05, 0) is 29.3 Å². The zero-order valence-corrected chi connectivity index (χ0v) is 12.0. The predicted octanol–water partition coefficient (Wildman–Crippen LogP) is 2.82. The summed E-state index contributed by atoms with van der Waals surface area (Å²) in [5, 5.41) is 19.9. The van der Waals surface area contributed by atoms with Gasteiger partial charge in [-0.15, -0.1) is 0 Å². The van der Waals surface area contributed by atoms with Crippen LogP contribution in [-0.2, 0) is 4.79 Å². The van der Waals surface area contributed by atoms with Gasteiger partial charge in [0.15, 0.2) is 6.10 Å². The molecule has 1 atom stereocenters. The Balaban J connectivity index is 2.44. The second-order valence-corrected chi connectivity index (χ2v) is 4.77. The van der Waals surface area contributed by atoms with Gasteiger partial charge in [0.1, 0.15) is 6.20 Å². The Kier molecular flexibility index (Phi) is 4.36. The standard InChI is InChI=1S/C15H14N2O5/c1-9-3-5-11(6-4-9)12-7-13(22-10(2)15(18)19)14(16-8-12)17(20)21/h3-8,10H,1-2H3,(H,18,19). The molecule has 1 aromatic carbocycles. The molecule has 1 aromatic heterocycles. The minimum Gasteiger partial charge on any atom is -0.479 e. The second kappa shape index (κ2) is 6.21. The number of hydrogen-bond donors (Lipinski definition) is 1. The number of aromatic nitrogens is 1. The zero-order valence-electron chi connectivity index (χ0n) is 12.0. The summed E-state index contributed by atoms with van der Waals surface area (Å²) in [4.78, 5) is 24.9. The van der Waals surface area contributed by atoms with Gasteiger partial charge < -0.3 is 20.0 Å². The van der Waals surface area contributed by atoms with E-state index in [0.29, 0.717) is 5.56 Å². The fourth-order valence-electron chi connectivity index (χ4n) is 1.81. The van der Waals surface area contributed by atoms with Crippen molar-refractivity contribution in [3.05, 3.63) is 52.2 Å². The molecule has 0 bridgehead atoms. The molecule has 1 N–H and O–H groups in total. The second-order valence-electron chi connectivity index (χ2n) is 4.77. The van der Waals surface area contributed by atoms with Crippen molar-refractivity contribution in [1.82, 2.24) is 4.98 Å². The van der Waals surface area contributed by atoms with Crippen LogP contribution in [-0.4, -0.2) is 27.1 Å². The van der Waals surface area contributed by atoms with Gasteiger partial charge in [0.25, 0.3) is 0 Å². The van der Waals surface area contributed by atoms with Gasteiger partial charge in [-0.25, -0.2) is 4.79 Å². The minimum atomic E-state index is -1.21. The summed E-state index contributed by atoms with van der Waals surface area (Å²) in [7, 11) is 0. The molecule has 0 fully saturated rings. The van der Waals surface area contributed by atoms with Crippen LogP contribution in [0, 0.1) is 17.0 Å². The molecule has 2 aromatic rings. The number of aliphatic carboxylic acids is 1. The van der Waals surface area contributed by atoms with Gasteiger partial charge in [-0.3, -0.25) is 0 Å². The van der Waals surface area contributed by atoms with Gasteiger partial charge >= 0.3 is 11.8 Å². The van der Waals surface area contributed by atoms with E-state index < -0.39 is 22.8 Å². The van der Waals surface area contributed by atoms with Crippen LogP contribution in [0.15, 0.2) is 36.5 Å². The Morgan fingerprint density at radius 3 is 2.50 bits per heavy atom. The van der Waals surface area contributed by atoms with E-state index in [4.69, 9.17) is 9.84 Å². The first kappa shape index (κ1) is 15.4. The molecule has 1 unspecified atom stereocenters. The molecule has 0 saturated heterocycles. The molecule has 0 spiro atoms. The molecule has 0 amide bonds. The normalized spacial score (nSPS) is 11.7. The molecule has 1 heterocycles. The predicted molar refractivity (Wildman–Crippen MR) is 78.8 cm³/mol. The maximum atomic E-state index is 11.0. The highest BCUT2D eigenvalue weighted by Gasteiger charge is 2.23. The van der Waals surface area contributed by atoms with Crippen LogP contribution in [0.1, 0.15) is 12.5 Å². The number of pyridine rings is 1. The minimum absolute atomic E-state index is 0.169. The first-order chi connectivity index (χ1) is 10.4. The van der Waals surface area contributed by atoms with E-state index in [-0.39, 0.29) is 5.75 Å². The van der Waals surface area contributed by atoms with E-state index in [2.05, 4.69) is 4.98 Å². The highest BCUT2D eigenvalue weighted by atomic mass is 16.6. The number of nitro groups is 1. The lowest BCUT2D eigenvalue weighted by Gasteiger charge is -2.11. The lowest BCUT2D eigenvalue weighted by molar-refractivity contribution is -0.390.